The van der Waals surface area contributed by atoms with Crippen LogP contribution in [-0.4, -0.2) is 52.5 Å². The molecule has 7 nitrogen and oxygen atoms in total. The molecule has 3 atom stereocenters. The molecule has 0 aromatic heterocycles. The highest BCUT2D eigenvalue weighted by Gasteiger charge is 2.34. The van der Waals surface area contributed by atoms with Gasteiger partial charge >= 0.3 is 0 Å². The summed E-state index contributed by atoms with van der Waals surface area (Å²) in [5.74, 6) is 0. The Morgan fingerprint density at radius 2 is 1.36 bits per heavy atom. The van der Waals surface area contributed by atoms with E-state index in [0.717, 1.165) is 51.4 Å². The summed E-state index contributed by atoms with van der Waals surface area (Å²) in [5.41, 5.74) is 0. The summed E-state index contributed by atoms with van der Waals surface area (Å²) in [7, 11) is -4.40. The van der Waals surface area contributed by atoms with Crippen LogP contribution in [0.2, 0.25) is 0 Å². The molecule has 0 aliphatic rings. The molecule has 25 heavy (non-hydrogen) atoms. The summed E-state index contributed by atoms with van der Waals surface area (Å²) in [6.07, 6.45) is 6.46. The van der Waals surface area contributed by atoms with Crippen molar-refractivity contribution < 1.29 is 33.3 Å². The highest BCUT2D eigenvalue weighted by atomic mass is 32.2. The van der Waals surface area contributed by atoms with Crippen molar-refractivity contribution in [3.8, 4) is 0 Å². The van der Waals surface area contributed by atoms with Crippen molar-refractivity contribution >= 4 is 10.1 Å². The van der Waals surface area contributed by atoms with Gasteiger partial charge in [-0.1, -0.05) is 64.7 Å². The third kappa shape index (κ3) is 12.7. The first-order chi connectivity index (χ1) is 11.8. The highest BCUT2D eigenvalue weighted by molar-refractivity contribution is 7.86. The molecule has 0 amide bonds. The van der Waals surface area contributed by atoms with E-state index in [1.807, 2.05) is 0 Å². The summed E-state index contributed by atoms with van der Waals surface area (Å²) in [6, 6.07) is 0. The Bertz CT molecular complexity index is 400. The maximum absolute atomic E-state index is 11.5. The molecule has 0 spiro atoms. The standard InChI is InChI=1S/C17H36O7S/c1-2-3-4-6-10-13-16(25(21,22)23)17(19)15(18)12-9-7-5-8-11-14-24-20/h15-20H,2-14H2,1H3,(H,21,22,23). The molecule has 0 saturated heterocycles. The minimum absolute atomic E-state index is 0.155. The van der Waals surface area contributed by atoms with Gasteiger partial charge in [-0.15, -0.1) is 0 Å². The van der Waals surface area contributed by atoms with E-state index in [0.29, 0.717) is 25.9 Å². The summed E-state index contributed by atoms with van der Waals surface area (Å²) < 4.78 is 32.4. The molecule has 0 rings (SSSR count). The first-order valence-electron chi connectivity index (χ1n) is 9.43. The molecule has 0 radical (unpaired) electrons. The Hall–Kier alpha value is -0.250. The number of aliphatic hydroxyl groups excluding tert-OH is 2. The molecule has 4 N–H and O–H groups in total. The normalized spacial score (nSPS) is 15.9. The Balaban J connectivity index is 4.19. The van der Waals surface area contributed by atoms with Crippen molar-refractivity contribution in [2.45, 2.75) is 101 Å². The lowest BCUT2D eigenvalue weighted by atomic mass is 9.99. The molecule has 152 valence electrons. The summed E-state index contributed by atoms with van der Waals surface area (Å²) >= 11 is 0. The third-order valence-corrected chi connectivity index (χ3v) is 5.77. The fraction of sp³-hybridized carbons (Fsp3) is 1.00. The molecule has 8 heteroatoms. The van der Waals surface area contributed by atoms with Gasteiger partial charge in [0.05, 0.1) is 18.8 Å². The molecule has 0 saturated carbocycles. The molecule has 0 aliphatic carbocycles. The Morgan fingerprint density at radius 3 is 1.92 bits per heavy atom. The first kappa shape index (κ1) is 24.8. The van der Waals surface area contributed by atoms with Crippen LogP contribution in [0.3, 0.4) is 0 Å². The van der Waals surface area contributed by atoms with Gasteiger partial charge in [0.25, 0.3) is 10.1 Å². The van der Waals surface area contributed by atoms with Crippen molar-refractivity contribution in [1.29, 1.82) is 0 Å². The zero-order valence-electron chi connectivity index (χ0n) is 15.3. The SMILES string of the molecule is CCCCCCCC(C(O)C(O)CCCCCCCOO)S(=O)(=O)O. The van der Waals surface area contributed by atoms with E-state index in [1.165, 1.54) is 0 Å². The average molecular weight is 385 g/mol. The van der Waals surface area contributed by atoms with Crippen LogP contribution in [0, 0.1) is 0 Å². The topological polar surface area (TPSA) is 124 Å². The number of hydrogen-bond donors (Lipinski definition) is 4. The number of aliphatic hydroxyl groups is 2. The van der Waals surface area contributed by atoms with E-state index in [2.05, 4.69) is 11.8 Å². The zero-order chi connectivity index (χ0) is 19.1. The smallest absolute Gasteiger partial charge is 0.270 e. The predicted molar refractivity (Wildman–Crippen MR) is 97.0 cm³/mol. The largest absolute Gasteiger partial charge is 0.390 e. The molecule has 0 fully saturated rings. The van der Waals surface area contributed by atoms with Crippen molar-refractivity contribution in [2.75, 3.05) is 6.61 Å². The number of unbranched alkanes of at least 4 members (excludes halogenated alkanes) is 8. The van der Waals surface area contributed by atoms with Gasteiger partial charge in [0, 0.05) is 0 Å². The lowest BCUT2D eigenvalue weighted by Gasteiger charge is -2.24. The average Bonchev–Trinajstić information content (AvgIpc) is 2.55. The van der Waals surface area contributed by atoms with Crippen molar-refractivity contribution in [2.24, 2.45) is 0 Å². The Morgan fingerprint density at radius 1 is 0.840 bits per heavy atom. The molecule has 0 heterocycles. The summed E-state index contributed by atoms with van der Waals surface area (Å²) in [5, 5.41) is 27.1. The molecule has 0 bridgehead atoms. The Kier molecular flexibility index (Phi) is 14.7. The third-order valence-electron chi connectivity index (χ3n) is 4.49. The lowest BCUT2D eigenvalue weighted by Crippen LogP contribution is -2.42. The second-order valence-electron chi connectivity index (χ2n) is 6.70. The summed E-state index contributed by atoms with van der Waals surface area (Å²) in [4.78, 5) is 3.98. The van der Waals surface area contributed by atoms with Gasteiger partial charge in [-0.3, -0.25) is 9.81 Å². The van der Waals surface area contributed by atoms with E-state index < -0.39 is 27.6 Å². The lowest BCUT2D eigenvalue weighted by molar-refractivity contribution is -0.242. The number of hydrogen-bond acceptors (Lipinski definition) is 6. The van der Waals surface area contributed by atoms with Gasteiger partial charge in [-0.25, -0.2) is 4.89 Å². The maximum Gasteiger partial charge on any atom is 0.270 e. The van der Waals surface area contributed by atoms with Gasteiger partial charge in [0.15, 0.2) is 0 Å². The van der Waals surface area contributed by atoms with E-state index >= 15 is 0 Å². The number of rotatable bonds is 17. The minimum atomic E-state index is -4.40. The maximum atomic E-state index is 11.5. The second kappa shape index (κ2) is 14.9. The van der Waals surface area contributed by atoms with Crippen molar-refractivity contribution in [1.82, 2.24) is 0 Å². The quantitative estimate of drug-likeness (QED) is 0.131. The molecule has 0 aromatic carbocycles. The van der Waals surface area contributed by atoms with Gasteiger partial charge in [-0.2, -0.15) is 8.42 Å². The van der Waals surface area contributed by atoms with Gasteiger partial charge in [-0.05, 0) is 19.3 Å². The van der Waals surface area contributed by atoms with E-state index in [9.17, 15) is 23.2 Å². The predicted octanol–water partition coefficient (Wildman–Crippen LogP) is 3.16. The zero-order valence-corrected chi connectivity index (χ0v) is 16.2. The van der Waals surface area contributed by atoms with E-state index in [-0.39, 0.29) is 6.42 Å². The first-order valence-corrected chi connectivity index (χ1v) is 10.9. The van der Waals surface area contributed by atoms with Crippen LogP contribution in [0.25, 0.3) is 0 Å². The fourth-order valence-electron chi connectivity index (χ4n) is 2.91. The van der Waals surface area contributed by atoms with Crippen LogP contribution < -0.4 is 0 Å². The fourth-order valence-corrected chi connectivity index (χ4v) is 3.91. The van der Waals surface area contributed by atoms with Crippen LogP contribution >= 0.6 is 0 Å². The van der Waals surface area contributed by atoms with E-state index in [1.54, 1.807) is 0 Å². The van der Waals surface area contributed by atoms with Crippen LogP contribution in [0.4, 0.5) is 0 Å². The molecular weight excluding hydrogens is 348 g/mol. The molecule has 0 aliphatic heterocycles. The van der Waals surface area contributed by atoms with Gasteiger partial charge < -0.3 is 10.2 Å². The second-order valence-corrected chi connectivity index (χ2v) is 8.34. The highest BCUT2D eigenvalue weighted by Crippen LogP contribution is 2.20. The van der Waals surface area contributed by atoms with Crippen LogP contribution in [0.1, 0.15) is 84.0 Å². The monoisotopic (exact) mass is 384 g/mol. The molecule has 3 unspecified atom stereocenters. The van der Waals surface area contributed by atoms with E-state index in [4.69, 9.17) is 5.26 Å². The van der Waals surface area contributed by atoms with Crippen LogP contribution in [0.5, 0.6) is 0 Å². The van der Waals surface area contributed by atoms with Gasteiger partial charge in [0.1, 0.15) is 5.25 Å². The van der Waals surface area contributed by atoms with Gasteiger partial charge in [0.2, 0.25) is 0 Å². The van der Waals surface area contributed by atoms with Crippen LogP contribution in [0.15, 0.2) is 0 Å². The summed E-state index contributed by atoms with van der Waals surface area (Å²) in [6.45, 7) is 2.39. The minimum Gasteiger partial charge on any atom is -0.390 e. The van der Waals surface area contributed by atoms with Crippen LogP contribution in [-0.2, 0) is 15.0 Å². The molecular formula is C17H36O7S. The van der Waals surface area contributed by atoms with Crippen molar-refractivity contribution in [3.05, 3.63) is 0 Å². The van der Waals surface area contributed by atoms with Crippen molar-refractivity contribution in [3.63, 3.8) is 0 Å². The Labute approximate surface area is 152 Å². The molecule has 0 aromatic rings.